The van der Waals surface area contributed by atoms with Crippen LogP contribution in [0, 0.1) is 0 Å². The standard InChI is InChI=1S/C10H12ClN5/c1-15-4-3-13-10(15)7-16(2)9-6-12-5-8(11)14-9/h3-6H,7H2,1-2H3. The summed E-state index contributed by atoms with van der Waals surface area (Å²) in [5.41, 5.74) is 0. The minimum absolute atomic E-state index is 0.393. The maximum atomic E-state index is 5.78. The summed E-state index contributed by atoms with van der Waals surface area (Å²) in [6, 6.07) is 0. The molecule has 5 nitrogen and oxygen atoms in total. The Morgan fingerprint density at radius 2 is 2.25 bits per heavy atom. The number of hydrogen-bond acceptors (Lipinski definition) is 4. The highest BCUT2D eigenvalue weighted by molar-refractivity contribution is 6.29. The van der Waals surface area contributed by atoms with Crippen LogP contribution in [0.5, 0.6) is 0 Å². The predicted octanol–water partition coefficient (Wildman–Crippen LogP) is 1.50. The number of anilines is 1. The van der Waals surface area contributed by atoms with Gasteiger partial charge in [0.05, 0.1) is 18.9 Å². The summed E-state index contributed by atoms with van der Waals surface area (Å²) in [5, 5.41) is 0.393. The average molecular weight is 238 g/mol. The van der Waals surface area contributed by atoms with Crippen LogP contribution in [0.1, 0.15) is 5.82 Å². The first-order chi connectivity index (χ1) is 7.66. The normalized spacial score (nSPS) is 10.4. The van der Waals surface area contributed by atoms with Gasteiger partial charge in [0.1, 0.15) is 16.8 Å². The van der Waals surface area contributed by atoms with E-state index in [1.807, 2.05) is 29.8 Å². The molecule has 0 N–H and O–H groups in total. The van der Waals surface area contributed by atoms with E-state index >= 15 is 0 Å². The Labute approximate surface area is 98.7 Å². The van der Waals surface area contributed by atoms with Gasteiger partial charge >= 0.3 is 0 Å². The molecule has 2 aromatic rings. The van der Waals surface area contributed by atoms with E-state index < -0.39 is 0 Å². The second kappa shape index (κ2) is 4.49. The van der Waals surface area contributed by atoms with Crippen LogP contribution in [-0.4, -0.2) is 26.6 Å². The first-order valence-corrected chi connectivity index (χ1v) is 5.19. The van der Waals surface area contributed by atoms with Crippen molar-refractivity contribution in [3.8, 4) is 0 Å². The third kappa shape index (κ3) is 2.30. The second-order valence-electron chi connectivity index (χ2n) is 3.51. The highest BCUT2D eigenvalue weighted by atomic mass is 35.5. The fraction of sp³-hybridized carbons (Fsp3) is 0.300. The molecule has 0 amide bonds. The van der Waals surface area contributed by atoms with Gasteiger partial charge < -0.3 is 9.47 Å². The molecule has 0 saturated heterocycles. The molecule has 0 aromatic carbocycles. The molecule has 0 unspecified atom stereocenters. The largest absolute Gasteiger partial charge is 0.351 e. The fourth-order valence-electron chi connectivity index (χ4n) is 1.36. The summed E-state index contributed by atoms with van der Waals surface area (Å²) in [7, 11) is 3.88. The molecule has 0 atom stereocenters. The predicted molar refractivity (Wildman–Crippen MR) is 62.4 cm³/mol. The lowest BCUT2D eigenvalue weighted by Gasteiger charge is -2.17. The molecule has 0 spiro atoms. The molecule has 2 aromatic heterocycles. The Kier molecular flexibility index (Phi) is 3.05. The van der Waals surface area contributed by atoms with Crippen LogP contribution >= 0.6 is 11.6 Å². The third-order valence-corrected chi connectivity index (χ3v) is 2.47. The molecule has 2 heterocycles. The number of rotatable bonds is 3. The lowest BCUT2D eigenvalue weighted by molar-refractivity contribution is 0.754. The Morgan fingerprint density at radius 3 is 2.88 bits per heavy atom. The molecule has 0 fully saturated rings. The minimum Gasteiger partial charge on any atom is -0.351 e. The van der Waals surface area contributed by atoms with Crippen molar-refractivity contribution in [3.05, 3.63) is 35.8 Å². The first kappa shape index (κ1) is 10.9. The van der Waals surface area contributed by atoms with E-state index in [1.54, 1.807) is 12.4 Å². The Morgan fingerprint density at radius 1 is 1.44 bits per heavy atom. The van der Waals surface area contributed by atoms with Crippen LogP contribution in [0.25, 0.3) is 0 Å². The summed E-state index contributed by atoms with van der Waals surface area (Å²) in [6.45, 7) is 0.665. The molecule has 0 saturated carbocycles. The van der Waals surface area contributed by atoms with Gasteiger partial charge in [-0.1, -0.05) is 11.6 Å². The Bertz CT molecular complexity index is 482. The van der Waals surface area contributed by atoms with Crippen molar-refractivity contribution >= 4 is 17.4 Å². The number of imidazole rings is 1. The molecule has 84 valence electrons. The monoisotopic (exact) mass is 237 g/mol. The van der Waals surface area contributed by atoms with Gasteiger partial charge in [-0.3, -0.25) is 4.98 Å². The van der Waals surface area contributed by atoms with Crippen molar-refractivity contribution in [2.75, 3.05) is 11.9 Å². The molecular weight excluding hydrogens is 226 g/mol. The molecule has 2 rings (SSSR count). The third-order valence-electron chi connectivity index (χ3n) is 2.28. The van der Waals surface area contributed by atoms with E-state index in [1.165, 1.54) is 6.20 Å². The smallest absolute Gasteiger partial charge is 0.149 e. The van der Waals surface area contributed by atoms with Crippen molar-refractivity contribution < 1.29 is 0 Å². The zero-order valence-electron chi connectivity index (χ0n) is 9.13. The van der Waals surface area contributed by atoms with Gasteiger partial charge in [-0.2, -0.15) is 0 Å². The topological polar surface area (TPSA) is 46.8 Å². The minimum atomic E-state index is 0.393. The van der Waals surface area contributed by atoms with Crippen molar-refractivity contribution in [1.29, 1.82) is 0 Å². The Balaban J connectivity index is 2.14. The van der Waals surface area contributed by atoms with Crippen LogP contribution in [0.15, 0.2) is 24.8 Å². The van der Waals surface area contributed by atoms with Gasteiger partial charge in [0.25, 0.3) is 0 Å². The number of nitrogens with zero attached hydrogens (tertiary/aromatic N) is 5. The number of hydrogen-bond donors (Lipinski definition) is 0. The SMILES string of the molecule is CN(Cc1nccn1C)c1cncc(Cl)n1. The van der Waals surface area contributed by atoms with Crippen molar-refractivity contribution in [2.24, 2.45) is 7.05 Å². The quantitative estimate of drug-likeness (QED) is 0.812. The van der Waals surface area contributed by atoms with E-state index in [9.17, 15) is 0 Å². The van der Waals surface area contributed by atoms with Crippen LogP contribution < -0.4 is 4.90 Å². The molecule has 6 heteroatoms. The molecule has 0 radical (unpaired) electrons. The number of aryl methyl sites for hydroxylation is 1. The summed E-state index contributed by atoms with van der Waals surface area (Å²) >= 11 is 5.78. The van der Waals surface area contributed by atoms with E-state index in [0.717, 1.165) is 11.6 Å². The van der Waals surface area contributed by atoms with Gasteiger partial charge in [-0.25, -0.2) is 9.97 Å². The summed E-state index contributed by atoms with van der Waals surface area (Å²) in [4.78, 5) is 14.4. The van der Waals surface area contributed by atoms with Crippen LogP contribution in [-0.2, 0) is 13.6 Å². The van der Waals surface area contributed by atoms with Crippen LogP contribution in [0.4, 0.5) is 5.82 Å². The maximum Gasteiger partial charge on any atom is 0.149 e. The molecule has 0 aliphatic carbocycles. The average Bonchev–Trinajstić information content (AvgIpc) is 2.64. The first-order valence-electron chi connectivity index (χ1n) is 4.81. The van der Waals surface area contributed by atoms with E-state index in [2.05, 4.69) is 15.0 Å². The van der Waals surface area contributed by atoms with Gasteiger partial charge in [-0.15, -0.1) is 0 Å². The van der Waals surface area contributed by atoms with E-state index in [4.69, 9.17) is 11.6 Å². The van der Waals surface area contributed by atoms with E-state index in [0.29, 0.717) is 11.7 Å². The summed E-state index contributed by atoms with van der Waals surface area (Å²) in [5.74, 6) is 1.69. The Hall–Kier alpha value is -1.62. The van der Waals surface area contributed by atoms with Gasteiger partial charge in [0.2, 0.25) is 0 Å². The lowest BCUT2D eigenvalue weighted by atomic mass is 10.5. The molecule has 0 aliphatic rings. The summed E-state index contributed by atoms with van der Waals surface area (Å²) < 4.78 is 1.97. The maximum absolute atomic E-state index is 5.78. The van der Waals surface area contributed by atoms with Crippen molar-refractivity contribution in [2.45, 2.75) is 6.54 Å². The molecule has 0 bridgehead atoms. The zero-order chi connectivity index (χ0) is 11.5. The van der Waals surface area contributed by atoms with Gasteiger partial charge in [-0.05, 0) is 0 Å². The molecule has 0 aliphatic heterocycles. The van der Waals surface area contributed by atoms with Crippen LogP contribution in [0.2, 0.25) is 5.15 Å². The second-order valence-corrected chi connectivity index (χ2v) is 3.90. The van der Waals surface area contributed by atoms with Crippen LogP contribution in [0.3, 0.4) is 0 Å². The van der Waals surface area contributed by atoms with Crippen molar-refractivity contribution in [1.82, 2.24) is 19.5 Å². The zero-order valence-corrected chi connectivity index (χ0v) is 9.89. The molecule has 16 heavy (non-hydrogen) atoms. The highest BCUT2D eigenvalue weighted by Gasteiger charge is 2.07. The molecular formula is C10H12ClN5. The summed E-state index contributed by atoms with van der Waals surface area (Å²) in [6.07, 6.45) is 6.87. The van der Waals surface area contributed by atoms with Gasteiger partial charge in [0, 0.05) is 26.5 Å². The number of halogens is 1. The lowest BCUT2D eigenvalue weighted by Crippen LogP contribution is -2.20. The fourth-order valence-corrected chi connectivity index (χ4v) is 1.50. The van der Waals surface area contributed by atoms with Crippen molar-refractivity contribution in [3.63, 3.8) is 0 Å². The number of aromatic nitrogens is 4. The van der Waals surface area contributed by atoms with Gasteiger partial charge in [0.15, 0.2) is 0 Å². The highest BCUT2D eigenvalue weighted by Crippen LogP contribution is 2.12. The van der Waals surface area contributed by atoms with E-state index in [-0.39, 0.29) is 0 Å².